The second-order valence-electron chi connectivity index (χ2n) is 10.5. The number of hydrogen-bond acceptors (Lipinski definition) is 7. The molecule has 9 heteroatoms. The van der Waals surface area contributed by atoms with Crippen LogP contribution in [0.5, 0.6) is 23.0 Å². The van der Waals surface area contributed by atoms with Gasteiger partial charge in [-0.3, -0.25) is 4.79 Å². The SMILES string of the molecule is COc1cc(C)c(-c2nc3ccccc3c(=O)n2N=Cc2ccc(OCc3ccc4c(c3)OCO4)c(Br)c2)cc1C(C)C. The Morgan fingerprint density at radius 3 is 2.63 bits per heavy atom. The molecule has 1 aromatic heterocycles. The molecule has 0 spiro atoms. The van der Waals surface area contributed by atoms with Crippen molar-refractivity contribution in [2.75, 3.05) is 13.9 Å². The van der Waals surface area contributed by atoms with Crippen LogP contribution in [0.1, 0.15) is 42.0 Å². The van der Waals surface area contributed by atoms with E-state index in [1.807, 2.05) is 73.7 Å². The number of hydrogen-bond donors (Lipinski definition) is 0. The van der Waals surface area contributed by atoms with Gasteiger partial charge in [0.05, 0.1) is 28.7 Å². The first-order chi connectivity index (χ1) is 20.8. The second kappa shape index (κ2) is 11.9. The Labute approximate surface area is 257 Å². The van der Waals surface area contributed by atoms with Crippen LogP contribution in [-0.4, -0.2) is 29.8 Å². The van der Waals surface area contributed by atoms with E-state index in [9.17, 15) is 4.79 Å². The molecular formula is C34H30BrN3O5. The molecule has 1 aliphatic rings. The smallest absolute Gasteiger partial charge is 0.282 e. The van der Waals surface area contributed by atoms with E-state index >= 15 is 0 Å². The minimum Gasteiger partial charge on any atom is -0.496 e. The number of nitrogens with zero attached hydrogens (tertiary/aromatic N) is 3. The molecule has 0 saturated carbocycles. The van der Waals surface area contributed by atoms with Crippen molar-refractivity contribution in [1.82, 2.24) is 9.66 Å². The Balaban J connectivity index is 1.34. The molecule has 0 N–H and O–H groups in total. The van der Waals surface area contributed by atoms with Crippen LogP contribution in [0.2, 0.25) is 0 Å². The number of methoxy groups -OCH3 is 1. The molecule has 6 rings (SSSR count). The maximum Gasteiger partial charge on any atom is 0.282 e. The third kappa shape index (κ3) is 5.72. The van der Waals surface area contributed by atoms with E-state index in [1.165, 1.54) is 4.68 Å². The second-order valence-corrected chi connectivity index (χ2v) is 11.4. The molecule has 0 amide bonds. The number of benzene rings is 4. The summed E-state index contributed by atoms with van der Waals surface area (Å²) < 4.78 is 24.7. The number of rotatable bonds is 8. The highest BCUT2D eigenvalue weighted by atomic mass is 79.9. The van der Waals surface area contributed by atoms with Crippen molar-refractivity contribution in [2.45, 2.75) is 33.3 Å². The molecule has 0 atom stereocenters. The lowest BCUT2D eigenvalue weighted by Gasteiger charge is -2.17. The number of aromatic nitrogens is 2. The summed E-state index contributed by atoms with van der Waals surface area (Å²) in [6.45, 7) is 6.79. The molecule has 8 nitrogen and oxygen atoms in total. The van der Waals surface area contributed by atoms with Crippen molar-refractivity contribution in [3.05, 3.63) is 110 Å². The third-order valence-corrected chi connectivity index (χ3v) is 7.92. The van der Waals surface area contributed by atoms with Gasteiger partial charge in [0.2, 0.25) is 6.79 Å². The molecule has 4 aromatic carbocycles. The quantitative estimate of drug-likeness (QED) is 0.164. The molecule has 0 radical (unpaired) electrons. The van der Waals surface area contributed by atoms with Crippen LogP contribution in [0.15, 0.2) is 87.2 Å². The van der Waals surface area contributed by atoms with Gasteiger partial charge in [0.25, 0.3) is 5.56 Å². The van der Waals surface area contributed by atoms with Crippen LogP contribution >= 0.6 is 15.9 Å². The zero-order chi connectivity index (χ0) is 30.1. The van der Waals surface area contributed by atoms with E-state index in [4.69, 9.17) is 23.9 Å². The number of fused-ring (bicyclic) bond motifs is 2. The van der Waals surface area contributed by atoms with Crippen molar-refractivity contribution < 1.29 is 18.9 Å². The number of halogens is 1. The number of aryl methyl sites for hydroxylation is 1. The van der Waals surface area contributed by atoms with Crippen LogP contribution < -0.4 is 24.5 Å². The summed E-state index contributed by atoms with van der Waals surface area (Å²) in [6.07, 6.45) is 1.65. The van der Waals surface area contributed by atoms with Crippen molar-refractivity contribution in [2.24, 2.45) is 5.10 Å². The molecule has 0 aliphatic carbocycles. The molecule has 0 unspecified atom stereocenters. The summed E-state index contributed by atoms with van der Waals surface area (Å²) in [7, 11) is 1.67. The van der Waals surface area contributed by atoms with Gasteiger partial charge in [-0.25, -0.2) is 4.98 Å². The lowest BCUT2D eigenvalue weighted by atomic mass is 9.96. The van der Waals surface area contributed by atoms with E-state index in [1.54, 1.807) is 19.4 Å². The molecule has 43 heavy (non-hydrogen) atoms. The van der Waals surface area contributed by atoms with Gasteiger partial charge in [-0.1, -0.05) is 32.0 Å². The standard InChI is InChI=1S/C34H30BrN3O5/c1-20(2)25-16-26(21(3)13-31(25)40-4)33-37-28-8-6-5-7-24(28)34(39)38(33)36-17-22-9-11-29(27(35)14-22)41-18-23-10-12-30-32(15-23)43-19-42-30/h5-17,20H,18-19H2,1-4H3. The maximum absolute atomic E-state index is 13.7. The summed E-state index contributed by atoms with van der Waals surface area (Å²) in [5.74, 6) is 3.61. The van der Waals surface area contributed by atoms with E-state index in [2.05, 4.69) is 34.9 Å². The average Bonchev–Trinajstić information content (AvgIpc) is 3.48. The lowest BCUT2D eigenvalue weighted by molar-refractivity contribution is 0.174. The largest absolute Gasteiger partial charge is 0.496 e. The van der Waals surface area contributed by atoms with Gasteiger partial charge in [-0.2, -0.15) is 9.78 Å². The fourth-order valence-corrected chi connectivity index (χ4v) is 5.51. The summed E-state index contributed by atoms with van der Waals surface area (Å²) in [5.41, 5.74) is 4.89. The van der Waals surface area contributed by atoms with Crippen LogP contribution in [0, 0.1) is 6.92 Å². The molecule has 1 aliphatic heterocycles. The minimum atomic E-state index is -0.249. The van der Waals surface area contributed by atoms with E-state index in [-0.39, 0.29) is 18.3 Å². The van der Waals surface area contributed by atoms with E-state index in [0.29, 0.717) is 29.1 Å². The molecule has 0 bridgehead atoms. The first-order valence-electron chi connectivity index (χ1n) is 13.9. The summed E-state index contributed by atoms with van der Waals surface area (Å²) in [4.78, 5) is 18.7. The number of ether oxygens (including phenoxy) is 4. The van der Waals surface area contributed by atoms with Crippen molar-refractivity contribution >= 4 is 33.0 Å². The van der Waals surface area contributed by atoms with Crippen LogP contribution in [-0.2, 0) is 6.61 Å². The Kier molecular flexibility index (Phi) is 7.90. The van der Waals surface area contributed by atoms with Gasteiger partial charge in [-0.15, -0.1) is 0 Å². The Bertz CT molecular complexity index is 1930. The van der Waals surface area contributed by atoms with Crippen molar-refractivity contribution in [1.29, 1.82) is 0 Å². The van der Waals surface area contributed by atoms with Crippen molar-refractivity contribution in [3.63, 3.8) is 0 Å². The van der Waals surface area contributed by atoms with E-state index < -0.39 is 0 Å². The summed E-state index contributed by atoms with van der Waals surface area (Å²) >= 11 is 3.62. The Morgan fingerprint density at radius 2 is 1.84 bits per heavy atom. The van der Waals surface area contributed by atoms with Gasteiger partial charge >= 0.3 is 0 Å². The normalized spacial score (nSPS) is 12.4. The summed E-state index contributed by atoms with van der Waals surface area (Å²) in [6, 6.07) is 22.7. The zero-order valence-electron chi connectivity index (χ0n) is 24.3. The van der Waals surface area contributed by atoms with Gasteiger partial charge in [0, 0.05) is 5.56 Å². The fraction of sp³-hybridized carbons (Fsp3) is 0.206. The minimum absolute atomic E-state index is 0.210. The first-order valence-corrected chi connectivity index (χ1v) is 14.7. The first kappa shape index (κ1) is 28.5. The van der Waals surface area contributed by atoms with Gasteiger partial charge < -0.3 is 18.9 Å². The molecule has 2 heterocycles. The van der Waals surface area contributed by atoms with Gasteiger partial charge in [-0.05, 0) is 106 Å². The maximum atomic E-state index is 13.7. The predicted octanol–water partition coefficient (Wildman–Crippen LogP) is 7.46. The average molecular weight is 641 g/mol. The molecule has 0 saturated heterocycles. The Morgan fingerprint density at radius 1 is 1.02 bits per heavy atom. The highest BCUT2D eigenvalue weighted by Crippen LogP contribution is 2.35. The predicted molar refractivity (Wildman–Crippen MR) is 171 cm³/mol. The fourth-order valence-electron chi connectivity index (χ4n) is 5.00. The van der Waals surface area contributed by atoms with Crippen LogP contribution in [0.25, 0.3) is 22.3 Å². The topological polar surface area (TPSA) is 84.2 Å². The van der Waals surface area contributed by atoms with Crippen LogP contribution in [0.3, 0.4) is 0 Å². The highest BCUT2D eigenvalue weighted by molar-refractivity contribution is 9.10. The van der Waals surface area contributed by atoms with Crippen LogP contribution in [0.4, 0.5) is 0 Å². The van der Waals surface area contributed by atoms with Gasteiger partial charge in [0.15, 0.2) is 17.3 Å². The molecular weight excluding hydrogens is 610 g/mol. The monoisotopic (exact) mass is 639 g/mol. The Hall–Kier alpha value is -4.63. The van der Waals surface area contributed by atoms with Crippen molar-refractivity contribution in [3.8, 4) is 34.4 Å². The lowest BCUT2D eigenvalue weighted by Crippen LogP contribution is -2.20. The molecule has 0 fully saturated rings. The highest BCUT2D eigenvalue weighted by Gasteiger charge is 2.19. The number of para-hydroxylation sites is 1. The van der Waals surface area contributed by atoms with Gasteiger partial charge in [0.1, 0.15) is 18.1 Å². The third-order valence-electron chi connectivity index (χ3n) is 7.30. The summed E-state index contributed by atoms with van der Waals surface area (Å²) in [5, 5.41) is 5.15. The van der Waals surface area contributed by atoms with E-state index in [0.717, 1.165) is 49.5 Å². The zero-order valence-corrected chi connectivity index (χ0v) is 25.8. The molecule has 218 valence electrons. The molecule has 5 aromatic rings.